The number of rotatable bonds is 0. The van der Waals surface area contributed by atoms with Gasteiger partial charge in [-0.15, -0.1) is 0 Å². The molecule has 0 aromatic heterocycles. The predicted octanol–water partition coefficient (Wildman–Crippen LogP) is 2.29. The minimum atomic E-state index is 0.258. The Labute approximate surface area is 84.5 Å². The fourth-order valence-electron chi connectivity index (χ4n) is 1.39. The molecule has 2 nitrogen and oxygen atoms in total. The van der Waals surface area contributed by atoms with Crippen molar-refractivity contribution in [3.8, 4) is 0 Å². The van der Waals surface area contributed by atoms with Crippen molar-refractivity contribution in [3.63, 3.8) is 0 Å². The first-order valence-corrected chi connectivity index (χ1v) is 4.92. The molecule has 12 heavy (non-hydrogen) atoms. The molecule has 1 aromatic rings. The molecule has 0 saturated carbocycles. The zero-order valence-electron chi connectivity index (χ0n) is 6.43. The number of anilines is 1. The van der Waals surface area contributed by atoms with Crippen LogP contribution in [0.5, 0.6) is 0 Å². The van der Waals surface area contributed by atoms with Crippen molar-refractivity contribution < 1.29 is 4.79 Å². The highest BCUT2D eigenvalue weighted by molar-refractivity contribution is 14.1. The van der Waals surface area contributed by atoms with Crippen molar-refractivity contribution >= 4 is 34.1 Å². The Kier molecular flexibility index (Phi) is 2.04. The highest BCUT2D eigenvalue weighted by Crippen LogP contribution is 2.25. The molecular formula is C9H8INO. The van der Waals surface area contributed by atoms with Gasteiger partial charge in [-0.1, -0.05) is 6.07 Å². The van der Waals surface area contributed by atoms with E-state index in [1.165, 1.54) is 0 Å². The van der Waals surface area contributed by atoms with E-state index >= 15 is 0 Å². The summed E-state index contributed by atoms with van der Waals surface area (Å²) in [6.07, 6.45) is 0.618. The first-order chi connectivity index (χ1) is 5.79. The zero-order valence-corrected chi connectivity index (χ0v) is 8.59. The Balaban J connectivity index is 2.60. The maximum absolute atomic E-state index is 11.5. The number of benzene rings is 1. The van der Waals surface area contributed by atoms with Crippen LogP contribution in [0.4, 0.5) is 5.69 Å². The second-order valence-corrected chi connectivity index (χ2v) is 3.92. The maximum Gasteiger partial charge on any atom is 0.167 e. The number of nitrogens with one attached hydrogen (secondary N) is 1. The molecule has 1 heterocycles. The minimum absolute atomic E-state index is 0.258. The highest BCUT2D eigenvalue weighted by Gasteiger charge is 2.18. The standard InChI is InChI=1S/C9H8INO/c10-6-2-1-3-7-9(6)8(12)4-5-11-7/h1-3,11H,4-5H2. The van der Waals surface area contributed by atoms with Gasteiger partial charge < -0.3 is 5.32 Å². The van der Waals surface area contributed by atoms with E-state index in [0.29, 0.717) is 6.42 Å². The monoisotopic (exact) mass is 273 g/mol. The van der Waals surface area contributed by atoms with E-state index in [2.05, 4.69) is 27.9 Å². The average molecular weight is 273 g/mol. The van der Waals surface area contributed by atoms with Crippen LogP contribution in [0.2, 0.25) is 0 Å². The van der Waals surface area contributed by atoms with Gasteiger partial charge in [0.1, 0.15) is 0 Å². The molecule has 0 saturated heterocycles. The van der Waals surface area contributed by atoms with E-state index < -0.39 is 0 Å². The van der Waals surface area contributed by atoms with Gasteiger partial charge in [0.15, 0.2) is 5.78 Å². The van der Waals surface area contributed by atoms with Gasteiger partial charge in [0.25, 0.3) is 0 Å². The number of ketones is 1. The lowest BCUT2D eigenvalue weighted by atomic mass is 10.0. The summed E-state index contributed by atoms with van der Waals surface area (Å²) in [6.45, 7) is 0.770. The lowest BCUT2D eigenvalue weighted by molar-refractivity contribution is 0.0983. The van der Waals surface area contributed by atoms with Crippen molar-refractivity contribution in [2.45, 2.75) is 6.42 Å². The normalized spacial score (nSPS) is 15.2. The summed E-state index contributed by atoms with van der Waals surface area (Å²) in [7, 11) is 0. The van der Waals surface area contributed by atoms with E-state index in [9.17, 15) is 4.79 Å². The number of carbonyl (C=O) groups excluding carboxylic acids is 1. The van der Waals surface area contributed by atoms with Gasteiger partial charge >= 0.3 is 0 Å². The van der Waals surface area contributed by atoms with Gasteiger partial charge in [0.2, 0.25) is 0 Å². The summed E-state index contributed by atoms with van der Waals surface area (Å²) in [5.41, 5.74) is 1.85. The van der Waals surface area contributed by atoms with Crippen LogP contribution < -0.4 is 5.32 Å². The lowest BCUT2D eigenvalue weighted by Crippen LogP contribution is -2.18. The summed E-state index contributed by atoms with van der Waals surface area (Å²) < 4.78 is 1.04. The number of carbonyl (C=O) groups is 1. The number of hydrogen-bond donors (Lipinski definition) is 1. The molecule has 2 rings (SSSR count). The van der Waals surface area contributed by atoms with Crippen LogP contribution in [0.3, 0.4) is 0 Å². The summed E-state index contributed by atoms with van der Waals surface area (Å²) in [4.78, 5) is 11.5. The second kappa shape index (κ2) is 3.05. The first kappa shape index (κ1) is 8.04. The zero-order chi connectivity index (χ0) is 8.55. The summed E-state index contributed by atoms with van der Waals surface area (Å²) in [6, 6.07) is 5.88. The first-order valence-electron chi connectivity index (χ1n) is 3.84. The van der Waals surface area contributed by atoms with E-state index in [-0.39, 0.29) is 5.78 Å². The molecule has 0 atom stereocenters. The van der Waals surface area contributed by atoms with E-state index in [4.69, 9.17) is 0 Å². The van der Waals surface area contributed by atoms with Crippen molar-refractivity contribution in [1.82, 2.24) is 0 Å². The van der Waals surface area contributed by atoms with Crippen LogP contribution in [0.15, 0.2) is 18.2 Å². The fourth-order valence-corrected chi connectivity index (χ4v) is 2.19. The van der Waals surface area contributed by atoms with Gasteiger partial charge in [-0.2, -0.15) is 0 Å². The van der Waals surface area contributed by atoms with Crippen molar-refractivity contribution in [3.05, 3.63) is 27.3 Å². The molecule has 1 aliphatic rings. The lowest BCUT2D eigenvalue weighted by Gasteiger charge is -2.17. The molecule has 0 fully saturated rings. The van der Waals surface area contributed by atoms with Crippen LogP contribution in [-0.2, 0) is 0 Å². The highest BCUT2D eigenvalue weighted by atomic mass is 127. The smallest absolute Gasteiger partial charge is 0.167 e. The molecule has 1 aromatic carbocycles. The Bertz CT molecular complexity index is 335. The van der Waals surface area contributed by atoms with Gasteiger partial charge in [0.05, 0.1) is 5.56 Å². The van der Waals surface area contributed by atoms with Crippen LogP contribution in [0.25, 0.3) is 0 Å². The van der Waals surface area contributed by atoms with Gasteiger partial charge in [-0.3, -0.25) is 4.79 Å². The molecule has 0 radical (unpaired) electrons. The quantitative estimate of drug-likeness (QED) is 0.735. The largest absolute Gasteiger partial charge is 0.384 e. The molecule has 0 bridgehead atoms. The van der Waals surface area contributed by atoms with E-state index in [1.807, 2.05) is 18.2 Å². The molecule has 3 heteroatoms. The molecule has 0 unspecified atom stereocenters. The van der Waals surface area contributed by atoms with Gasteiger partial charge in [0, 0.05) is 22.2 Å². The molecule has 1 N–H and O–H groups in total. The van der Waals surface area contributed by atoms with Crippen molar-refractivity contribution in [2.75, 3.05) is 11.9 Å². The van der Waals surface area contributed by atoms with E-state index in [1.54, 1.807) is 0 Å². The van der Waals surface area contributed by atoms with Crippen LogP contribution >= 0.6 is 22.6 Å². The number of halogens is 1. The second-order valence-electron chi connectivity index (χ2n) is 2.76. The minimum Gasteiger partial charge on any atom is -0.384 e. The van der Waals surface area contributed by atoms with Crippen LogP contribution in [-0.4, -0.2) is 12.3 Å². The molecule has 62 valence electrons. The number of Topliss-reactive ketones (excluding diaryl/α,β-unsaturated/α-hetero) is 1. The molecule has 0 spiro atoms. The topological polar surface area (TPSA) is 29.1 Å². The number of hydrogen-bond acceptors (Lipinski definition) is 2. The average Bonchev–Trinajstić information content (AvgIpc) is 2.04. The Morgan fingerprint density at radius 2 is 2.25 bits per heavy atom. The van der Waals surface area contributed by atoms with E-state index in [0.717, 1.165) is 21.4 Å². The number of fused-ring (bicyclic) bond motifs is 1. The van der Waals surface area contributed by atoms with Crippen LogP contribution in [0, 0.1) is 3.57 Å². The predicted molar refractivity (Wildman–Crippen MR) is 56.6 cm³/mol. The molecular weight excluding hydrogens is 265 g/mol. The Hall–Kier alpha value is -0.580. The molecule has 0 amide bonds. The Morgan fingerprint density at radius 1 is 1.42 bits per heavy atom. The molecule has 0 aliphatic carbocycles. The third kappa shape index (κ3) is 1.22. The third-order valence-electron chi connectivity index (χ3n) is 1.96. The van der Waals surface area contributed by atoms with Gasteiger partial charge in [-0.25, -0.2) is 0 Å². The summed E-state index contributed by atoms with van der Waals surface area (Å²) in [5.74, 6) is 0.258. The fraction of sp³-hybridized carbons (Fsp3) is 0.222. The maximum atomic E-state index is 11.5. The Morgan fingerprint density at radius 3 is 3.00 bits per heavy atom. The van der Waals surface area contributed by atoms with Crippen molar-refractivity contribution in [1.29, 1.82) is 0 Å². The third-order valence-corrected chi connectivity index (χ3v) is 2.86. The van der Waals surface area contributed by atoms with Crippen LogP contribution in [0.1, 0.15) is 16.8 Å². The molecule has 1 aliphatic heterocycles. The SMILES string of the molecule is O=C1CCNc2cccc(I)c21. The summed E-state index contributed by atoms with van der Waals surface area (Å²) >= 11 is 2.20. The summed E-state index contributed by atoms with van der Waals surface area (Å²) in [5, 5.41) is 3.21. The van der Waals surface area contributed by atoms with Crippen molar-refractivity contribution in [2.24, 2.45) is 0 Å². The van der Waals surface area contributed by atoms with Gasteiger partial charge in [-0.05, 0) is 34.7 Å².